The molecule has 1 amide bonds. The zero-order chi connectivity index (χ0) is 21.5. The van der Waals surface area contributed by atoms with E-state index in [4.69, 9.17) is 9.47 Å². The number of hydrogen-bond acceptors (Lipinski definition) is 4. The molecule has 0 fully saturated rings. The van der Waals surface area contributed by atoms with Crippen molar-refractivity contribution >= 4 is 17.6 Å². The van der Waals surface area contributed by atoms with Gasteiger partial charge in [0.2, 0.25) is 0 Å². The van der Waals surface area contributed by atoms with Crippen molar-refractivity contribution in [1.82, 2.24) is 0 Å². The number of carbonyl (C=O) groups excluding carboxylic acids is 2. The first-order valence-electron chi connectivity index (χ1n) is 9.84. The largest absolute Gasteiger partial charge is 0.456 e. The highest BCUT2D eigenvalue weighted by molar-refractivity contribution is 5.97. The van der Waals surface area contributed by atoms with Crippen LogP contribution in [0.4, 0.5) is 5.69 Å². The zero-order valence-corrected chi connectivity index (χ0v) is 17.3. The van der Waals surface area contributed by atoms with Crippen LogP contribution in [0.25, 0.3) is 0 Å². The van der Waals surface area contributed by atoms with Crippen LogP contribution in [-0.4, -0.2) is 18.5 Å². The van der Waals surface area contributed by atoms with Crippen LogP contribution in [0, 0.1) is 6.92 Å². The smallest absolute Gasteiger partial charge is 0.342 e. The lowest BCUT2D eigenvalue weighted by Crippen LogP contribution is -2.22. The lowest BCUT2D eigenvalue weighted by atomic mass is 9.98. The quantitative estimate of drug-likeness (QED) is 0.514. The van der Waals surface area contributed by atoms with Gasteiger partial charge >= 0.3 is 5.97 Å². The fourth-order valence-electron chi connectivity index (χ4n) is 3.07. The third kappa shape index (κ3) is 5.26. The Morgan fingerprint density at radius 3 is 2.33 bits per heavy atom. The van der Waals surface area contributed by atoms with Gasteiger partial charge in [-0.3, -0.25) is 4.79 Å². The first-order chi connectivity index (χ1) is 14.5. The van der Waals surface area contributed by atoms with Gasteiger partial charge in [0.05, 0.1) is 0 Å². The highest BCUT2D eigenvalue weighted by atomic mass is 16.5. The van der Waals surface area contributed by atoms with Gasteiger partial charge in [0.25, 0.3) is 5.91 Å². The maximum atomic E-state index is 12.6. The summed E-state index contributed by atoms with van der Waals surface area (Å²) in [5.41, 5.74) is 3.02. The van der Waals surface area contributed by atoms with Crippen LogP contribution >= 0.6 is 0 Å². The third-order valence-electron chi connectivity index (χ3n) is 4.60. The van der Waals surface area contributed by atoms with E-state index in [9.17, 15) is 9.59 Å². The highest BCUT2D eigenvalue weighted by Crippen LogP contribution is 2.28. The summed E-state index contributed by atoms with van der Waals surface area (Å²) in [5.74, 6) is 0.225. The van der Waals surface area contributed by atoms with Gasteiger partial charge in [0.15, 0.2) is 6.61 Å². The summed E-state index contributed by atoms with van der Waals surface area (Å²) in [7, 11) is 0. The summed E-state index contributed by atoms with van der Waals surface area (Å²) >= 11 is 0. The molecule has 0 aliphatic heterocycles. The van der Waals surface area contributed by atoms with Crippen molar-refractivity contribution in [2.24, 2.45) is 0 Å². The van der Waals surface area contributed by atoms with Gasteiger partial charge in [-0.05, 0) is 48.2 Å². The molecule has 3 aromatic carbocycles. The number of nitrogens with one attached hydrogen (secondary N) is 1. The Morgan fingerprint density at radius 1 is 0.900 bits per heavy atom. The molecule has 1 N–H and O–H groups in total. The van der Waals surface area contributed by atoms with Crippen molar-refractivity contribution in [3.63, 3.8) is 0 Å². The number of esters is 1. The summed E-state index contributed by atoms with van der Waals surface area (Å²) in [6, 6.07) is 21.8. The lowest BCUT2D eigenvalue weighted by Gasteiger charge is -2.16. The Labute approximate surface area is 176 Å². The number of anilines is 1. The van der Waals surface area contributed by atoms with Crippen LogP contribution in [0.1, 0.15) is 41.3 Å². The van der Waals surface area contributed by atoms with Crippen LogP contribution in [0.15, 0.2) is 72.8 Å². The topological polar surface area (TPSA) is 64.6 Å². The molecular formula is C25H25NO4. The molecule has 0 bridgehead atoms. The van der Waals surface area contributed by atoms with E-state index in [1.807, 2.05) is 43.3 Å². The molecule has 154 valence electrons. The Hall–Kier alpha value is -3.60. The predicted octanol–water partition coefficient (Wildman–Crippen LogP) is 5.71. The number of ether oxygens (including phenoxy) is 2. The van der Waals surface area contributed by atoms with Crippen LogP contribution in [0.2, 0.25) is 0 Å². The lowest BCUT2D eigenvalue weighted by molar-refractivity contribution is -0.119. The number of hydrogen-bond donors (Lipinski definition) is 1. The monoisotopic (exact) mass is 403 g/mol. The summed E-state index contributed by atoms with van der Waals surface area (Å²) in [6.07, 6.45) is 0. The van der Waals surface area contributed by atoms with E-state index in [1.165, 1.54) is 0 Å². The molecule has 0 radical (unpaired) electrons. The average molecular weight is 403 g/mol. The molecule has 0 aliphatic rings. The molecule has 3 aromatic rings. The van der Waals surface area contributed by atoms with Crippen molar-refractivity contribution in [1.29, 1.82) is 0 Å². The van der Waals surface area contributed by atoms with E-state index >= 15 is 0 Å². The molecule has 3 rings (SSSR count). The van der Waals surface area contributed by atoms with Crippen molar-refractivity contribution in [2.45, 2.75) is 26.7 Å². The molecular weight excluding hydrogens is 378 g/mol. The van der Waals surface area contributed by atoms with Crippen molar-refractivity contribution in [3.05, 3.63) is 89.5 Å². The minimum Gasteiger partial charge on any atom is -0.456 e. The molecule has 0 saturated carbocycles. The molecule has 0 saturated heterocycles. The van der Waals surface area contributed by atoms with E-state index in [0.717, 1.165) is 16.8 Å². The van der Waals surface area contributed by atoms with Crippen molar-refractivity contribution < 1.29 is 19.1 Å². The van der Waals surface area contributed by atoms with Gasteiger partial charge in [-0.25, -0.2) is 4.79 Å². The van der Waals surface area contributed by atoms with Gasteiger partial charge in [0, 0.05) is 5.69 Å². The molecule has 0 aromatic heterocycles. The molecule has 0 atom stereocenters. The molecule has 0 heterocycles. The molecule has 0 unspecified atom stereocenters. The summed E-state index contributed by atoms with van der Waals surface area (Å²) in [4.78, 5) is 25.0. The maximum absolute atomic E-state index is 12.6. The third-order valence-corrected chi connectivity index (χ3v) is 4.60. The molecule has 5 heteroatoms. The minimum absolute atomic E-state index is 0.254. The second kappa shape index (κ2) is 9.74. The number of carbonyl (C=O) groups is 2. The van der Waals surface area contributed by atoms with E-state index in [-0.39, 0.29) is 24.0 Å². The summed E-state index contributed by atoms with van der Waals surface area (Å²) < 4.78 is 11.0. The SMILES string of the molecule is Cc1cccc(C(C)C)c1NC(=O)COC(=O)c1ccccc1Oc1ccccc1. The standard InChI is InChI=1S/C25H25NO4/c1-17(2)20-14-9-10-18(3)24(20)26-23(27)16-29-25(28)21-13-7-8-15-22(21)30-19-11-5-4-6-12-19/h4-15,17H,16H2,1-3H3,(H,26,27). The number of benzene rings is 3. The minimum atomic E-state index is -0.620. The number of para-hydroxylation sites is 3. The van der Waals surface area contributed by atoms with Gasteiger partial charge in [-0.1, -0.05) is 62.4 Å². The van der Waals surface area contributed by atoms with Crippen LogP contribution in [-0.2, 0) is 9.53 Å². The van der Waals surface area contributed by atoms with E-state index in [1.54, 1.807) is 36.4 Å². The van der Waals surface area contributed by atoms with Gasteiger partial charge in [-0.2, -0.15) is 0 Å². The second-order valence-corrected chi connectivity index (χ2v) is 7.23. The van der Waals surface area contributed by atoms with Gasteiger partial charge in [-0.15, -0.1) is 0 Å². The van der Waals surface area contributed by atoms with Crippen LogP contribution < -0.4 is 10.1 Å². The Balaban J connectivity index is 1.66. The fourth-order valence-corrected chi connectivity index (χ4v) is 3.07. The van der Waals surface area contributed by atoms with E-state index < -0.39 is 5.97 Å². The van der Waals surface area contributed by atoms with Crippen molar-refractivity contribution in [3.8, 4) is 11.5 Å². The number of rotatable bonds is 7. The molecule has 0 aliphatic carbocycles. The van der Waals surface area contributed by atoms with Crippen molar-refractivity contribution in [2.75, 3.05) is 11.9 Å². The molecule has 30 heavy (non-hydrogen) atoms. The maximum Gasteiger partial charge on any atom is 0.342 e. The summed E-state index contributed by atoms with van der Waals surface area (Å²) in [6.45, 7) is 5.68. The Morgan fingerprint density at radius 2 is 1.60 bits per heavy atom. The Kier molecular flexibility index (Phi) is 6.86. The Bertz CT molecular complexity index is 1030. The van der Waals surface area contributed by atoms with Gasteiger partial charge < -0.3 is 14.8 Å². The first kappa shape index (κ1) is 21.1. The first-order valence-corrected chi connectivity index (χ1v) is 9.84. The van der Waals surface area contributed by atoms with Crippen LogP contribution in [0.3, 0.4) is 0 Å². The normalized spacial score (nSPS) is 10.5. The fraction of sp³-hybridized carbons (Fsp3) is 0.200. The van der Waals surface area contributed by atoms with Crippen LogP contribution in [0.5, 0.6) is 11.5 Å². The zero-order valence-electron chi connectivity index (χ0n) is 17.3. The second-order valence-electron chi connectivity index (χ2n) is 7.23. The number of aryl methyl sites for hydroxylation is 1. The highest BCUT2D eigenvalue weighted by Gasteiger charge is 2.17. The number of amides is 1. The van der Waals surface area contributed by atoms with E-state index in [2.05, 4.69) is 19.2 Å². The summed E-state index contributed by atoms with van der Waals surface area (Å²) in [5, 5.41) is 2.87. The average Bonchev–Trinajstić information content (AvgIpc) is 2.74. The molecule has 0 spiro atoms. The van der Waals surface area contributed by atoms with Gasteiger partial charge in [0.1, 0.15) is 17.1 Å². The van der Waals surface area contributed by atoms with E-state index in [0.29, 0.717) is 11.5 Å². The molecule has 5 nitrogen and oxygen atoms in total. The predicted molar refractivity (Wildman–Crippen MR) is 117 cm³/mol.